The maximum atomic E-state index is 13.0. The number of sulfonamides is 1. The van der Waals surface area contributed by atoms with Crippen LogP contribution in [0.1, 0.15) is 55.5 Å². The van der Waals surface area contributed by atoms with Gasteiger partial charge in [0.2, 0.25) is 10.0 Å². The van der Waals surface area contributed by atoms with E-state index in [1.54, 1.807) is 19.1 Å². The summed E-state index contributed by atoms with van der Waals surface area (Å²) < 4.78 is 32.3. The van der Waals surface area contributed by atoms with Crippen molar-refractivity contribution >= 4 is 21.9 Å². The van der Waals surface area contributed by atoms with E-state index in [-0.39, 0.29) is 16.4 Å². The van der Waals surface area contributed by atoms with Gasteiger partial charge in [0, 0.05) is 18.7 Å². The molecule has 1 N–H and O–H groups in total. The first kappa shape index (κ1) is 22.4. The number of esters is 1. The molecular formula is C20H30N2O5S. The predicted molar refractivity (Wildman–Crippen MR) is 107 cm³/mol. The molecule has 0 radical (unpaired) electrons. The number of nitrogens with zero attached hydrogens (tertiary/aromatic N) is 1. The third-order valence-electron chi connectivity index (χ3n) is 5.34. The van der Waals surface area contributed by atoms with E-state index in [2.05, 4.69) is 5.32 Å². The maximum absolute atomic E-state index is 13.0. The van der Waals surface area contributed by atoms with Gasteiger partial charge in [0.1, 0.15) is 6.04 Å². The number of ether oxygens (including phenoxy) is 1. The van der Waals surface area contributed by atoms with Gasteiger partial charge in [-0.05, 0) is 43.4 Å². The van der Waals surface area contributed by atoms with E-state index in [1.807, 2.05) is 13.8 Å². The molecule has 1 heterocycles. The predicted octanol–water partition coefficient (Wildman–Crippen LogP) is 2.49. The molecular weight excluding hydrogens is 380 g/mol. The summed E-state index contributed by atoms with van der Waals surface area (Å²) in [5, 5.41) is 2.69. The summed E-state index contributed by atoms with van der Waals surface area (Å²) in [6.45, 7) is 6.48. The van der Waals surface area contributed by atoms with Crippen LogP contribution in [0.4, 0.5) is 0 Å². The molecule has 0 unspecified atom stereocenters. The molecule has 1 aliphatic rings. The van der Waals surface area contributed by atoms with Crippen molar-refractivity contribution in [3.63, 3.8) is 0 Å². The van der Waals surface area contributed by atoms with Gasteiger partial charge in [0.15, 0.2) is 0 Å². The highest BCUT2D eigenvalue weighted by Gasteiger charge is 2.30. The van der Waals surface area contributed by atoms with Crippen molar-refractivity contribution in [1.82, 2.24) is 9.62 Å². The van der Waals surface area contributed by atoms with Gasteiger partial charge in [-0.15, -0.1) is 0 Å². The fourth-order valence-electron chi connectivity index (χ4n) is 3.28. The number of amides is 1. The van der Waals surface area contributed by atoms with Gasteiger partial charge in [-0.2, -0.15) is 4.31 Å². The number of methoxy groups -OCH3 is 1. The lowest BCUT2D eigenvalue weighted by atomic mass is 9.98. The quantitative estimate of drug-likeness (QED) is 0.697. The second-order valence-electron chi connectivity index (χ2n) is 7.30. The average molecular weight is 411 g/mol. The summed E-state index contributed by atoms with van der Waals surface area (Å²) in [6, 6.07) is 3.82. The smallest absolute Gasteiger partial charge is 0.328 e. The number of hydrogen-bond acceptors (Lipinski definition) is 5. The minimum Gasteiger partial charge on any atom is -0.467 e. The number of piperidine rings is 1. The molecule has 1 saturated heterocycles. The zero-order valence-corrected chi connectivity index (χ0v) is 17.8. The monoisotopic (exact) mass is 410 g/mol. The van der Waals surface area contributed by atoms with Crippen LogP contribution in [0, 0.1) is 12.8 Å². The molecule has 7 nitrogen and oxygen atoms in total. The van der Waals surface area contributed by atoms with E-state index in [0.717, 1.165) is 19.3 Å². The molecule has 1 aromatic carbocycles. The minimum absolute atomic E-state index is 0.113. The molecule has 0 aromatic heterocycles. The molecule has 0 aliphatic carbocycles. The van der Waals surface area contributed by atoms with E-state index in [1.165, 1.54) is 17.5 Å². The lowest BCUT2D eigenvalue weighted by Gasteiger charge is -2.27. The summed E-state index contributed by atoms with van der Waals surface area (Å²) >= 11 is 0. The Bertz CT molecular complexity index is 816. The fourth-order valence-corrected chi connectivity index (χ4v) is 5.05. The van der Waals surface area contributed by atoms with Crippen LogP contribution in [0.3, 0.4) is 0 Å². The Kier molecular flexibility index (Phi) is 7.60. The molecule has 0 bridgehead atoms. The van der Waals surface area contributed by atoms with Crippen LogP contribution in [-0.2, 0) is 19.6 Å². The number of hydrogen-bond donors (Lipinski definition) is 1. The minimum atomic E-state index is -3.66. The number of rotatable bonds is 7. The lowest BCUT2D eigenvalue weighted by molar-refractivity contribution is -0.144. The largest absolute Gasteiger partial charge is 0.467 e. The molecule has 0 spiro atoms. The second kappa shape index (κ2) is 9.52. The van der Waals surface area contributed by atoms with Crippen molar-refractivity contribution in [2.45, 2.75) is 57.4 Å². The topological polar surface area (TPSA) is 92.8 Å². The van der Waals surface area contributed by atoms with E-state index in [9.17, 15) is 18.0 Å². The van der Waals surface area contributed by atoms with Gasteiger partial charge in [0.05, 0.1) is 12.0 Å². The molecule has 2 rings (SSSR count). The Balaban J connectivity index is 2.30. The summed E-state index contributed by atoms with van der Waals surface area (Å²) in [7, 11) is -2.38. The number of aryl methyl sites for hydroxylation is 1. The van der Waals surface area contributed by atoms with Crippen LogP contribution in [0.2, 0.25) is 0 Å². The van der Waals surface area contributed by atoms with Gasteiger partial charge in [-0.1, -0.05) is 32.8 Å². The van der Waals surface area contributed by atoms with Crippen LogP contribution < -0.4 is 5.32 Å². The van der Waals surface area contributed by atoms with Crippen LogP contribution in [-0.4, -0.2) is 50.8 Å². The second-order valence-corrected chi connectivity index (χ2v) is 9.21. The first-order chi connectivity index (χ1) is 13.2. The lowest BCUT2D eigenvalue weighted by Crippen LogP contribution is -2.45. The Labute approximate surface area is 167 Å². The number of carbonyl (C=O) groups excluding carboxylic acids is 2. The van der Waals surface area contributed by atoms with Gasteiger partial charge < -0.3 is 10.1 Å². The molecule has 8 heteroatoms. The molecule has 156 valence electrons. The van der Waals surface area contributed by atoms with E-state index in [4.69, 9.17) is 4.74 Å². The molecule has 2 atom stereocenters. The summed E-state index contributed by atoms with van der Waals surface area (Å²) in [6.07, 6.45) is 3.39. The number of carbonyl (C=O) groups is 2. The van der Waals surface area contributed by atoms with E-state index >= 15 is 0 Å². The number of nitrogens with one attached hydrogen (secondary N) is 1. The Morgan fingerprint density at radius 2 is 1.86 bits per heavy atom. The first-order valence-electron chi connectivity index (χ1n) is 9.71. The molecule has 1 aromatic rings. The summed E-state index contributed by atoms with van der Waals surface area (Å²) in [5.74, 6) is -1.12. The van der Waals surface area contributed by atoms with Crippen molar-refractivity contribution in [2.75, 3.05) is 20.2 Å². The molecule has 28 heavy (non-hydrogen) atoms. The standard InChI is InChI=1S/C20H30N2O5S/c1-5-14(2)18(20(24)27-4)21-19(23)16-10-9-15(3)17(13-16)28(25,26)22-11-7-6-8-12-22/h9-10,13-14,18H,5-8,11-12H2,1-4H3,(H,21,23)/t14-,18-/m1/s1. The van der Waals surface area contributed by atoms with Crippen molar-refractivity contribution in [2.24, 2.45) is 5.92 Å². The maximum Gasteiger partial charge on any atom is 0.328 e. The third-order valence-corrected chi connectivity index (χ3v) is 7.38. The van der Waals surface area contributed by atoms with Crippen LogP contribution in [0.15, 0.2) is 23.1 Å². The van der Waals surface area contributed by atoms with Crippen molar-refractivity contribution in [3.8, 4) is 0 Å². The highest BCUT2D eigenvalue weighted by Crippen LogP contribution is 2.24. The molecule has 1 aliphatic heterocycles. The zero-order valence-electron chi connectivity index (χ0n) is 17.0. The van der Waals surface area contributed by atoms with E-state index < -0.39 is 27.9 Å². The first-order valence-corrected chi connectivity index (χ1v) is 11.2. The van der Waals surface area contributed by atoms with Gasteiger partial charge in [-0.3, -0.25) is 4.79 Å². The van der Waals surface area contributed by atoms with Gasteiger partial charge in [-0.25, -0.2) is 13.2 Å². The third kappa shape index (κ3) is 4.91. The summed E-state index contributed by atoms with van der Waals surface area (Å²) in [5.41, 5.74) is 0.798. The van der Waals surface area contributed by atoms with Gasteiger partial charge in [0.25, 0.3) is 5.91 Å². The van der Waals surface area contributed by atoms with Crippen molar-refractivity contribution in [3.05, 3.63) is 29.3 Å². The Morgan fingerprint density at radius 3 is 2.43 bits per heavy atom. The van der Waals surface area contributed by atoms with Crippen molar-refractivity contribution < 1.29 is 22.7 Å². The van der Waals surface area contributed by atoms with E-state index in [0.29, 0.717) is 25.1 Å². The molecule has 1 amide bonds. The van der Waals surface area contributed by atoms with Crippen LogP contribution >= 0.6 is 0 Å². The Hall–Kier alpha value is -1.93. The van der Waals surface area contributed by atoms with Crippen LogP contribution in [0.25, 0.3) is 0 Å². The molecule has 0 saturated carbocycles. The van der Waals surface area contributed by atoms with Crippen LogP contribution in [0.5, 0.6) is 0 Å². The SMILES string of the molecule is CC[C@@H](C)[C@@H](NC(=O)c1ccc(C)c(S(=O)(=O)N2CCCCC2)c1)C(=O)OC. The number of benzene rings is 1. The molecule has 1 fully saturated rings. The summed E-state index contributed by atoms with van der Waals surface area (Å²) in [4.78, 5) is 24.9. The highest BCUT2D eigenvalue weighted by molar-refractivity contribution is 7.89. The Morgan fingerprint density at radius 1 is 1.21 bits per heavy atom. The van der Waals surface area contributed by atoms with Gasteiger partial charge >= 0.3 is 5.97 Å². The fraction of sp³-hybridized carbons (Fsp3) is 0.600. The highest BCUT2D eigenvalue weighted by atomic mass is 32.2. The average Bonchev–Trinajstić information content (AvgIpc) is 2.71. The normalized spacial score (nSPS) is 17.6. The van der Waals surface area contributed by atoms with Crippen molar-refractivity contribution in [1.29, 1.82) is 0 Å². The zero-order chi connectivity index (χ0) is 20.9.